The van der Waals surface area contributed by atoms with Crippen LogP contribution in [-0.4, -0.2) is 48.4 Å². The highest BCUT2D eigenvalue weighted by atomic mass is 16.5. The molecule has 1 fully saturated rings. The molecular formula is C19H24N4O3. The van der Waals surface area contributed by atoms with E-state index in [1.165, 1.54) is 7.11 Å². The maximum Gasteiger partial charge on any atom is 0.337 e. The molecule has 2 heterocycles. The third-order valence-electron chi connectivity index (χ3n) is 4.79. The number of hydrogen-bond donors (Lipinski definition) is 2. The lowest BCUT2D eigenvalue weighted by Crippen LogP contribution is -2.35. The van der Waals surface area contributed by atoms with E-state index in [0.29, 0.717) is 25.1 Å². The first-order valence-electron chi connectivity index (χ1n) is 8.72. The molecular weight excluding hydrogens is 332 g/mol. The standard InChI is InChI=1S/C19H24N4O3/c1-23-12-15(9-22-23)16-10-20-11-17(16)18(24)21-8-7-13-3-5-14(6-4-13)19(25)26-2/h3-6,9,12,16-17,20H,7-8,10-11H2,1-2H3,(H,21,24)/t16-,17+/m1/s1. The SMILES string of the molecule is COC(=O)c1ccc(CCNC(=O)[C@H]2CNC[C@@H]2c2cnn(C)c2)cc1. The van der Waals surface area contributed by atoms with E-state index >= 15 is 0 Å². The number of carbonyl (C=O) groups excluding carboxylic acids is 2. The van der Waals surface area contributed by atoms with Crippen LogP contribution in [0.4, 0.5) is 0 Å². The van der Waals surface area contributed by atoms with Crippen LogP contribution < -0.4 is 10.6 Å². The molecule has 1 aromatic heterocycles. The number of nitrogens with zero attached hydrogens (tertiary/aromatic N) is 2. The van der Waals surface area contributed by atoms with E-state index in [4.69, 9.17) is 0 Å². The van der Waals surface area contributed by atoms with Gasteiger partial charge in [0.1, 0.15) is 0 Å². The molecule has 2 aromatic rings. The molecule has 0 saturated carbocycles. The second kappa shape index (κ2) is 8.14. The Morgan fingerprint density at radius 1 is 1.31 bits per heavy atom. The molecule has 0 bridgehead atoms. The summed E-state index contributed by atoms with van der Waals surface area (Å²) in [5.41, 5.74) is 2.68. The summed E-state index contributed by atoms with van der Waals surface area (Å²) >= 11 is 0. The third-order valence-corrected chi connectivity index (χ3v) is 4.79. The first-order valence-corrected chi connectivity index (χ1v) is 8.72. The number of aromatic nitrogens is 2. The zero-order chi connectivity index (χ0) is 18.5. The number of aryl methyl sites for hydroxylation is 1. The van der Waals surface area contributed by atoms with Crippen molar-refractivity contribution >= 4 is 11.9 Å². The largest absolute Gasteiger partial charge is 0.465 e. The molecule has 1 saturated heterocycles. The quantitative estimate of drug-likeness (QED) is 0.750. The van der Waals surface area contributed by atoms with Gasteiger partial charge >= 0.3 is 5.97 Å². The summed E-state index contributed by atoms with van der Waals surface area (Å²) in [5, 5.41) is 10.5. The van der Waals surface area contributed by atoms with E-state index in [-0.39, 0.29) is 23.7 Å². The molecule has 3 rings (SSSR count). The molecule has 7 heteroatoms. The summed E-state index contributed by atoms with van der Waals surface area (Å²) in [7, 11) is 3.24. The van der Waals surface area contributed by atoms with Crippen molar-refractivity contribution in [2.24, 2.45) is 13.0 Å². The summed E-state index contributed by atoms with van der Waals surface area (Å²) in [6, 6.07) is 7.24. The van der Waals surface area contributed by atoms with E-state index in [1.807, 2.05) is 31.6 Å². The summed E-state index contributed by atoms with van der Waals surface area (Å²) in [6.45, 7) is 2.03. The second-order valence-electron chi connectivity index (χ2n) is 6.55. The summed E-state index contributed by atoms with van der Waals surface area (Å²) in [5.74, 6) is -0.209. The minimum Gasteiger partial charge on any atom is -0.465 e. The van der Waals surface area contributed by atoms with Gasteiger partial charge in [0.05, 0.1) is 24.8 Å². The Morgan fingerprint density at radius 3 is 2.73 bits per heavy atom. The number of nitrogens with one attached hydrogen (secondary N) is 2. The van der Waals surface area contributed by atoms with Crippen LogP contribution in [-0.2, 0) is 23.0 Å². The number of amides is 1. The Balaban J connectivity index is 1.51. The lowest BCUT2D eigenvalue weighted by Gasteiger charge is -2.17. The van der Waals surface area contributed by atoms with Crippen molar-refractivity contribution in [2.45, 2.75) is 12.3 Å². The van der Waals surface area contributed by atoms with E-state index in [1.54, 1.807) is 16.8 Å². The highest BCUT2D eigenvalue weighted by Crippen LogP contribution is 2.27. The number of rotatable bonds is 6. The van der Waals surface area contributed by atoms with Crippen LogP contribution in [0.1, 0.15) is 27.4 Å². The number of hydrogen-bond acceptors (Lipinski definition) is 5. The fraction of sp³-hybridized carbons (Fsp3) is 0.421. The van der Waals surface area contributed by atoms with Gasteiger partial charge in [-0.3, -0.25) is 9.48 Å². The van der Waals surface area contributed by atoms with Gasteiger partial charge in [-0.25, -0.2) is 4.79 Å². The number of ether oxygens (including phenoxy) is 1. The molecule has 1 aromatic carbocycles. The highest BCUT2D eigenvalue weighted by molar-refractivity contribution is 5.89. The van der Waals surface area contributed by atoms with Crippen LogP contribution in [0.2, 0.25) is 0 Å². The van der Waals surface area contributed by atoms with E-state index < -0.39 is 0 Å². The fourth-order valence-electron chi connectivity index (χ4n) is 3.32. The predicted octanol–water partition coefficient (Wildman–Crippen LogP) is 0.869. The van der Waals surface area contributed by atoms with Crippen LogP contribution in [0.5, 0.6) is 0 Å². The first kappa shape index (κ1) is 18.1. The monoisotopic (exact) mass is 356 g/mol. The van der Waals surface area contributed by atoms with Crippen molar-refractivity contribution in [3.05, 3.63) is 53.3 Å². The summed E-state index contributed by atoms with van der Waals surface area (Å²) in [6.07, 6.45) is 4.52. The average molecular weight is 356 g/mol. The van der Waals surface area contributed by atoms with Gasteiger partial charge in [0.15, 0.2) is 0 Å². The smallest absolute Gasteiger partial charge is 0.337 e. The second-order valence-corrected chi connectivity index (χ2v) is 6.55. The van der Waals surface area contributed by atoms with Gasteiger partial charge in [0.2, 0.25) is 5.91 Å². The van der Waals surface area contributed by atoms with Gasteiger partial charge in [0, 0.05) is 38.8 Å². The Kier molecular flexibility index (Phi) is 5.68. The van der Waals surface area contributed by atoms with Crippen molar-refractivity contribution < 1.29 is 14.3 Å². The molecule has 26 heavy (non-hydrogen) atoms. The van der Waals surface area contributed by atoms with Crippen LogP contribution in [0.15, 0.2) is 36.7 Å². The maximum atomic E-state index is 12.6. The Labute approximate surface area is 152 Å². The topological polar surface area (TPSA) is 85.2 Å². The van der Waals surface area contributed by atoms with Crippen LogP contribution >= 0.6 is 0 Å². The van der Waals surface area contributed by atoms with Gasteiger partial charge < -0.3 is 15.4 Å². The van der Waals surface area contributed by atoms with Gasteiger partial charge in [-0.05, 0) is 29.7 Å². The number of esters is 1. The van der Waals surface area contributed by atoms with Gasteiger partial charge in [-0.1, -0.05) is 12.1 Å². The van der Waals surface area contributed by atoms with Gasteiger partial charge in [-0.15, -0.1) is 0 Å². The molecule has 1 aliphatic rings. The van der Waals surface area contributed by atoms with Crippen LogP contribution in [0.25, 0.3) is 0 Å². The summed E-state index contributed by atoms with van der Waals surface area (Å²) < 4.78 is 6.45. The van der Waals surface area contributed by atoms with Crippen molar-refractivity contribution in [2.75, 3.05) is 26.7 Å². The number of methoxy groups -OCH3 is 1. The predicted molar refractivity (Wildman–Crippen MR) is 96.8 cm³/mol. The Morgan fingerprint density at radius 2 is 2.08 bits per heavy atom. The molecule has 0 aliphatic carbocycles. The van der Waals surface area contributed by atoms with Gasteiger partial charge in [-0.2, -0.15) is 5.10 Å². The number of benzene rings is 1. The summed E-state index contributed by atoms with van der Waals surface area (Å²) in [4.78, 5) is 24.0. The van der Waals surface area contributed by atoms with Crippen molar-refractivity contribution in [1.82, 2.24) is 20.4 Å². The van der Waals surface area contributed by atoms with E-state index in [9.17, 15) is 9.59 Å². The van der Waals surface area contributed by atoms with Crippen molar-refractivity contribution in [1.29, 1.82) is 0 Å². The maximum absolute atomic E-state index is 12.6. The Hall–Kier alpha value is -2.67. The average Bonchev–Trinajstić information content (AvgIpc) is 3.30. The molecule has 0 unspecified atom stereocenters. The van der Waals surface area contributed by atoms with Crippen LogP contribution in [0, 0.1) is 5.92 Å². The molecule has 2 N–H and O–H groups in total. The first-order chi connectivity index (χ1) is 12.6. The number of carbonyl (C=O) groups is 2. The minimum atomic E-state index is -0.347. The zero-order valence-electron chi connectivity index (χ0n) is 15.1. The van der Waals surface area contributed by atoms with E-state index in [0.717, 1.165) is 17.7 Å². The van der Waals surface area contributed by atoms with Crippen molar-refractivity contribution in [3.8, 4) is 0 Å². The highest BCUT2D eigenvalue weighted by Gasteiger charge is 2.34. The lowest BCUT2D eigenvalue weighted by atomic mass is 9.90. The zero-order valence-corrected chi connectivity index (χ0v) is 15.1. The van der Waals surface area contributed by atoms with E-state index in [2.05, 4.69) is 20.5 Å². The molecule has 0 spiro atoms. The van der Waals surface area contributed by atoms with Gasteiger partial charge in [0.25, 0.3) is 0 Å². The Bertz CT molecular complexity index is 769. The lowest BCUT2D eigenvalue weighted by molar-refractivity contribution is -0.124. The normalized spacial score (nSPS) is 19.3. The molecule has 1 aliphatic heterocycles. The van der Waals surface area contributed by atoms with Crippen LogP contribution in [0.3, 0.4) is 0 Å². The molecule has 0 radical (unpaired) electrons. The molecule has 7 nitrogen and oxygen atoms in total. The third kappa shape index (κ3) is 4.11. The molecule has 2 atom stereocenters. The fourth-order valence-corrected chi connectivity index (χ4v) is 3.32. The molecule has 1 amide bonds. The minimum absolute atomic E-state index is 0.0648. The van der Waals surface area contributed by atoms with Crippen molar-refractivity contribution in [3.63, 3.8) is 0 Å². The molecule has 138 valence electrons.